The van der Waals surface area contributed by atoms with E-state index in [1.807, 2.05) is 80.8 Å². The van der Waals surface area contributed by atoms with E-state index in [1.54, 1.807) is 24.3 Å². The van der Waals surface area contributed by atoms with Crippen molar-refractivity contribution in [2.45, 2.75) is 12.0 Å². The van der Waals surface area contributed by atoms with E-state index in [-0.39, 0.29) is 11.6 Å². The average molecular weight is 610 g/mol. The monoisotopic (exact) mass is 609 g/mol. The van der Waals surface area contributed by atoms with Crippen molar-refractivity contribution in [3.8, 4) is 0 Å². The van der Waals surface area contributed by atoms with E-state index in [2.05, 4.69) is 51.9 Å². The molecule has 46 heavy (non-hydrogen) atoms. The molecular weight excluding hydrogens is 570 g/mol. The first kappa shape index (κ1) is 31.0. The van der Waals surface area contributed by atoms with Crippen molar-refractivity contribution in [1.82, 2.24) is 4.90 Å². The van der Waals surface area contributed by atoms with E-state index >= 15 is 0 Å². The zero-order valence-electron chi connectivity index (χ0n) is 26.3. The second-order valence-electron chi connectivity index (χ2n) is 11.8. The van der Waals surface area contributed by atoms with E-state index in [9.17, 15) is 9.59 Å². The SMILES string of the molecule is CN(C)CCNc1ccc(NCCCOC(c2ccccc2)(c2ccccc2)c2ccccc2)c2c1C(=O)c1ccccc1C2=O. The summed E-state index contributed by atoms with van der Waals surface area (Å²) in [5.41, 5.74) is 5.42. The van der Waals surface area contributed by atoms with Crippen molar-refractivity contribution in [2.24, 2.45) is 0 Å². The lowest BCUT2D eigenvalue weighted by atomic mass is 9.80. The maximum Gasteiger partial charge on any atom is 0.196 e. The van der Waals surface area contributed by atoms with E-state index in [0.29, 0.717) is 59.7 Å². The Morgan fingerprint density at radius 3 is 1.41 bits per heavy atom. The summed E-state index contributed by atoms with van der Waals surface area (Å²) < 4.78 is 6.93. The minimum atomic E-state index is -0.797. The zero-order valence-corrected chi connectivity index (χ0v) is 26.3. The second kappa shape index (κ2) is 13.9. The third-order valence-corrected chi connectivity index (χ3v) is 8.45. The van der Waals surface area contributed by atoms with Crippen molar-refractivity contribution < 1.29 is 14.3 Å². The summed E-state index contributed by atoms with van der Waals surface area (Å²) in [5, 5.41) is 6.86. The molecule has 6 heteroatoms. The van der Waals surface area contributed by atoms with Gasteiger partial charge in [0.15, 0.2) is 11.6 Å². The average Bonchev–Trinajstić information content (AvgIpc) is 3.10. The Bertz CT molecular complexity index is 1710. The first-order chi connectivity index (χ1) is 22.5. The third kappa shape index (κ3) is 6.10. The van der Waals surface area contributed by atoms with E-state index in [1.165, 1.54) is 0 Å². The fraction of sp³-hybridized carbons (Fsp3) is 0.200. The quantitative estimate of drug-likeness (QED) is 0.106. The Hall–Kier alpha value is -5.04. The predicted octanol–water partition coefficient (Wildman–Crippen LogP) is 7.25. The normalized spacial score (nSPS) is 12.5. The highest BCUT2D eigenvalue weighted by atomic mass is 16.5. The van der Waals surface area contributed by atoms with Gasteiger partial charge in [0.1, 0.15) is 5.60 Å². The topological polar surface area (TPSA) is 70.7 Å². The molecule has 0 atom stereocenters. The number of hydrogen-bond donors (Lipinski definition) is 2. The number of nitrogens with zero attached hydrogens (tertiary/aromatic N) is 1. The molecule has 5 aromatic carbocycles. The number of carbonyl (C=O) groups excluding carboxylic acids is 2. The van der Waals surface area contributed by atoms with Crippen molar-refractivity contribution in [3.05, 3.63) is 166 Å². The number of ether oxygens (including phenoxy) is 1. The molecule has 0 spiro atoms. The standard InChI is InChI=1S/C40H39N3O3/c1-43(2)27-26-42-35-24-23-34(36-37(35)39(45)33-22-13-12-21-32(33)38(36)44)41-25-14-28-46-40(29-15-6-3-7-16-29,30-17-8-4-9-18-30)31-19-10-5-11-20-31/h3-13,15-24,41-42H,14,25-28H2,1-2H3. The van der Waals surface area contributed by atoms with Gasteiger partial charge in [-0.25, -0.2) is 0 Å². The highest BCUT2D eigenvalue weighted by molar-refractivity contribution is 6.31. The van der Waals surface area contributed by atoms with Gasteiger partial charge in [-0.3, -0.25) is 9.59 Å². The van der Waals surface area contributed by atoms with Crippen LogP contribution in [0.4, 0.5) is 11.4 Å². The Balaban J connectivity index is 1.25. The molecule has 1 aliphatic carbocycles. The van der Waals surface area contributed by atoms with E-state index in [4.69, 9.17) is 4.74 Å². The van der Waals surface area contributed by atoms with Gasteiger partial charge in [0.05, 0.1) is 17.7 Å². The van der Waals surface area contributed by atoms with Crippen LogP contribution < -0.4 is 10.6 Å². The number of anilines is 2. The van der Waals surface area contributed by atoms with Gasteiger partial charge in [-0.15, -0.1) is 0 Å². The summed E-state index contributed by atoms with van der Waals surface area (Å²) in [7, 11) is 4.00. The molecule has 2 N–H and O–H groups in total. The van der Waals surface area contributed by atoms with Crippen LogP contribution in [0.1, 0.15) is 55.0 Å². The molecule has 0 saturated carbocycles. The van der Waals surface area contributed by atoms with Crippen molar-refractivity contribution >= 4 is 22.9 Å². The van der Waals surface area contributed by atoms with Crippen LogP contribution in [0, 0.1) is 0 Å². The predicted molar refractivity (Wildman–Crippen MR) is 185 cm³/mol. The fourth-order valence-electron chi connectivity index (χ4n) is 6.22. The summed E-state index contributed by atoms with van der Waals surface area (Å²) >= 11 is 0. The molecule has 0 saturated heterocycles. The largest absolute Gasteiger partial charge is 0.384 e. The van der Waals surface area contributed by atoms with Gasteiger partial charge in [-0.05, 0) is 49.3 Å². The zero-order chi connectivity index (χ0) is 31.9. The van der Waals surface area contributed by atoms with Crippen molar-refractivity contribution in [1.29, 1.82) is 0 Å². The lowest BCUT2D eigenvalue weighted by Crippen LogP contribution is -2.33. The molecule has 0 unspecified atom stereocenters. The van der Waals surface area contributed by atoms with Crippen LogP contribution in [0.3, 0.4) is 0 Å². The van der Waals surface area contributed by atoms with Gasteiger partial charge >= 0.3 is 0 Å². The lowest BCUT2D eigenvalue weighted by molar-refractivity contribution is 0.0128. The summed E-state index contributed by atoms with van der Waals surface area (Å²) in [4.78, 5) is 29.7. The molecule has 0 heterocycles. The molecule has 0 aromatic heterocycles. The van der Waals surface area contributed by atoms with Crippen LogP contribution >= 0.6 is 0 Å². The fourth-order valence-corrected chi connectivity index (χ4v) is 6.22. The van der Waals surface area contributed by atoms with E-state index < -0.39 is 5.60 Å². The number of carbonyl (C=O) groups is 2. The van der Waals surface area contributed by atoms with Gasteiger partial charge in [-0.1, -0.05) is 115 Å². The molecule has 0 aliphatic heterocycles. The molecule has 1 aliphatic rings. The minimum absolute atomic E-state index is 0.136. The summed E-state index contributed by atoms with van der Waals surface area (Å²) in [6.45, 7) is 2.45. The molecule has 0 bridgehead atoms. The number of rotatable bonds is 13. The smallest absolute Gasteiger partial charge is 0.196 e. The Morgan fingerprint density at radius 1 is 0.565 bits per heavy atom. The first-order valence-corrected chi connectivity index (χ1v) is 15.8. The number of hydrogen-bond acceptors (Lipinski definition) is 6. The summed E-state index contributed by atoms with van der Waals surface area (Å²) in [6, 6.07) is 41.8. The molecule has 6 nitrogen and oxygen atoms in total. The number of benzene rings is 5. The Labute approximate surface area is 271 Å². The molecule has 0 radical (unpaired) electrons. The summed E-state index contributed by atoms with van der Waals surface area (Å²) in [5.74, 6) is -0.278. The molecule has 0 amide bonds. The van der Waals surface area contributed by atoms with E-state index in [0.717, 1.165) is 23.2 Å². The lowest BCUT2D eigenvalue weighted by Gasteiger charge is -2.36. The van der Waals surface area contributed by atoms with Crippen molar-refractivity contribution in [3.63, 3.8) is 0 Å². The highest BCUT2D eigenvalue weighted by Gasteiger charge is 2.37. The Morgan fingerprint density at radius 2 is 0.978 bits per heavy atom. The number of fused-ring (bicyclic) bond motifs is 2. The van der Waals surface area contributed by atoms with Crippen LogP contribution in [0.5, 0.6) is 0 Å². The molecule has 0 fully saturated rings. The molecular formula is C40H39N3O3. The van der Waals surface area contributed by atoms with Crippen LogP contribution in [0.15, 0.2) is 127 Å². The van der Waals surface area contributed by atoms with Gasteiger partial charge in [-0.2, -0.15) is 0 Å². The first-order valence-electron chi connectivity index (χ1n) is 15.8. The Kier molecular flexibility index (Phi) is 9.38. The van der Waals surface area contributed by atoms with Crippen LogP contribution in [0.25, 0.3) is 0 Å². The minimum Gasteiger partial charge on any atom is -0.384 e. The number of nitrogens with one attached hydrogen (secondary N) is 2. The van der Waals surface area contributed by atoms with Gasteiger partial charge in [0.25, 0.3) is 0 Å². The molecule has 5 aromatic rings. The summed E-state index contributed by atoms with van der Waals surface area (Å²) in [6.07, 6.45) is 0.671. The number of ketones is 2. The van der Waals surface area contributed by atoms with Gasteiger partial charge in [0, 0.05) is 42.1 Å². The molecule has 6 rings (SSSR count). The maximum absolute atomic E-state index is 13.8. The van der Waals surface area contributed by atoms with Crippen LogP contribution in [0.2, 0.25) is 0 Å². The van der Waals surface area contributed by atoms with Crippen molar-refractivity contribution in [2.75, 3.05) is 51.0 Å². The van der Waals surface area contributed by atoms with Gasteiger partial charge in [0.2, 0.25) is 0 Å². The van der Waals surface area contributed by atoms with Gasteiger partial charge < -0.3 is 20.3 Å². The van der Waals surface area contributed by atoms with Crippen LogP contribution in [-0.2, 0) is 10.3 Å². The molecule has 232 valence electrons. The number of likely N-dealkylation sites (N-methyl/N-ethyl adjacent to an activating group) is 1. The second-order valence-corrected chi connectivity index (χ2v) is 11.8. The highest BCUT2D eigenvalue weighted by Crippen LogP contribution is 2.41. The third-order valence-electron chi connectivity index (χ3n) is 8.45. The van der Waals surface area contributed by atoms with Crippen LogP contribution in [-0.4, -0.2) is 56.8 Å². The maximum atomic E-state index is 13.8.